The number of rotatable bonds is 7. The van der Waals surface area contributed by atoms with Crippen LogP contribution >= 0.6 is 8.22 Å². The normalized spacial score (nSPS) is 13.1. The zero-order chi connectivity index (χ0) is 13.7. The third-order valence-electron chi connectivity index (χ3n) is 2.75. The van der Waals surface area contributed by atoms with Crippen LogP contribution in [0.25, 0.3) is 0 Å². The van der Waals surface area contributed by atoms with E-state index in [1.807, 2.05) is 0 Å². The van der Waals surface area contributed by atoms with E-state index in [9.17, 15) is 0 Å². The van der Waals surface area contributed by atoms with E-state index in [1.54, 1.807) is 0 Å². The standard InChI is InChI=1S/C14H31N2P/c1-10-17(15(11(2)3)12(4)5)16(13(6)7)14(8)9/h10-14H,1H2,2-9H3. The Morgan fingerprint density at radius 2 is 0.941 bits per heavy atom. The van der Waals surface area contributed by atoms with Crippen LogP contribution in [0.15, 0.2) is 12.4 Å². The Morgan fingerprint density at radius 1 is 0.706 bits per heavy atom. The average molecular weight is 258 g/mol. The van der Waals surface area contributed by atoms with Crippen LogP contribution < -0.4 is 0 Å². The first kappa shape index (κ1) is 17.1. The number of hydrogen-bond acceptors (Lipinski definition) is 2. The predicted molar refractivity (Wildman–Crippen MR) is 81.3 cm³/mol. The Bertz CT molecular complexity index is 188. The highest BCUT2D eigenvalue weighted by atomic mass is 31.1. The lowest BCUT2D eigenvalue weighted by molar-refractivity contribution is 0.260. The highest BCUT2D eigenvalue weighted by Gasteiger charge is 2.30. The van der Waals surface area contributed by atoms with Gasteiger partial charge >= 0.3 is 0 Å². The monoisotopic (exact) mass is 258 g/mol. The van der Waals surface area contributed by atoms with Gasteiger partial charge in [0.2, 0.25) is 0 Å². The van der Waals surface area contributed by atoms with Gasteiger partial charge in [0.25, 0.3) is 0 Å². The molecule has 0 amide bonds. The molecule has 0 unspecified atom stereocenters. The fraction of sp³-hybridized carbons (Fsp3) is 0.857. The van der Waals surface area contributed by atoms with Crippen LogP contribution in [-0.2, 0) is 0 Å². The average Bonchev–Trinajstić information content (AvgIpc) is 2.13. The minimum Gasteiger partial charge on any atom is -0.262 e. The van der Waals surface area contributed by atoms with Crippen molar-refractivity contribution in [2.24, 2.45) is 0 Å². The lowest BCUT2D eigenvalue weighted by Crippen LogP contribution is -2.42. The van der Waals surface area contributed by atoms with E-state index in [-0.39, 0.29) is 0 Å². The first-order valence-electron chi connectivity index (χ1n) is 6.72. The molecule has 0 heterocycles. The molecule has 0 aliphatic heterocycles. The van der Waals surface area contributed by atoms with Crippen molar-refractivity contribution >= 4 is 8.22 Å². The van der Waals surface area contributed by atoms with E-state index in [0.29, 0.717) is 24.2 Å². The van der Waals surface area contributed by atoms with E-state index in [4.69, 9.17) is 0 Å². The Hall–Kier alpha value is 0.0900. The molecule has 0 aliphatic carbocycles. The second-order valence-electron chi connectivity index (χ2n) is 5.64. The summed E-state index contributed by atoms with van der Waals surface area (Å²) in [7, 11) is -0.413. The molecule has 0 radical (unpaired) electrons. The van der Waals surface area contributed by atoms with Gasteiger partial charge in [0.15, 0.2) is 0 Å². The van der Waals surface area contributed by atoms with Gasteiger partial charge in [0.1, 0.15) is 0 Å². The van der Waals surface area contributed by atoms with Gasteiger partial charge in [-0.05, 0) is 61.2 Å². The van der Waals surface area contributed by atoms with Gasteiger partial charge in [-0.2, -0.15) is 0 Å². The van der Waals surface area contributed by atoms with E-state index in [0.717, 1.165) is 0 Å². The fourth-order valence-electron chi connectivity index (χ4n) is 2.45. The first-order valence-corrected chi connectivity index (χ1v) is 8.03. The molecule has 0 fully saturated rings. The topological polar surface area (TPSA) is 6.48 Å². The SMILES string of the molecule is C=CP(N(C(C)C)C(C)C)N(C(C)C)C(C)C. The molecule has 0 N–H and O–H groups in total. The summed E-state index contributed by atoms with van der Waals surface area (Å²) >= 11 is 0. The zero-order valence-electron chi connectivity index (χ0n) is 12.9. The lowest BCUT2D eigenvalue weighted by Gasteiger charge is -2.45. The summed E-state index contributed by atoms with van der Waals surface area (Å²) in [5, 5.41) is 0. The minimum atomic E-state index is -0.413. The summed E-state index contributed by atoms with van der Waals surface area (Å²) in [6.07, 6.45) is 0. The molecule has 0 spiro atoms. The maximum absolute atomic E-state index is 4.08. The molecule has 0 saturated heterocycles. The van der Waals surface area contributed by atoms with E-state index in [1.165, 1.54) is 0 Å². The van der Waals surface area contributed by atoms with Crippen molar-refractivity contribution in [2.75, 3.05) is 0 Å². The molecule has 2 nitrogen and oxygen atoms in total. The van der Waals surface area contributed by atoms with Gasteiger partial charge < -0.3 is 0 Å². The highest BCUT2D eigenvalue weighted by Crippen LogP contribution is 2.50. The largest absolute Gasteiger partial charge is 0.262 e. The molecular formula is C14H31N2P. The van der Waals surface area contributed by atoms with Crippen molar-refractivity contribution in [2.45, 2.75) is 79.6 Å². The number of hydrogen-bond donors (Lipinski definition) is 0. The molecule has 0 aromatic heterocycles. The predicted octanol–water partition coefficient (Wildman–Crippen LogP) is 4.68. The number of nitrogens with zero attached hydrogens (tertiary/aromatic N) is 2. The van der Waals surface area contributed by atoms with Crippen LogP contribution in [0.2, 0.25) is 0 Å². The van der Waals surface area contributed by atoms with E-state index >= 15 is 0 Å². The van der Waals surface area contributed by atoms with E-state index < -0.39 is 8.22 Å². The highest BCUT2D eigenvalue weighted by molar-refractivity contribution is 7.56. The quantitative estimate of drug-likeness (QED) is 0.612. The summed E-state index contributed by atoms with van der Waals surface area (Å²) in [4.78, 5) is 0. The Labute approximate surface area is 110 Å². The van der Waals surface area contributed by atoms with Crippen molar-refractivity contribution < 1.29 is 0 Å². The van der Waals surface area contributed by atoms with Gasteiger partial charge in [0, 0.05) is 24.2 Å². The summed E-state index contributed by atoms with van der Waals surface area (Å²) in [6.45, 7) is 22.3. The summed E-state index contributed by atoms with van der Waals surface area (Å²) in [5.41, 5.74) is 0. The van der Waals surface area contributed by atoms with Gasteiger partial charge in [-0.1, -0.05) is 6.58 Å². The van der Waals surface area contributed by atoms with Gasteiger partial charge in [-0.3, -0.25) is 9.34 Å². The van der Waals surface area contributed by atoms with Crippen molar-refractivity contribution in [3.05, 3.63) is 12.4 Å². The van der Waals surface area contributed by atoms with E-state index in [2.05, 4.69) is 77.1 Å². The molecule has 0 aliphatic rings. The molecule has 0 aromatic carbocycles. The van der Waals surface area contributed by atoms with Crippen LogP contribution in [0.4, 0.5) is 0 Å². The lowest BCUT2D eigenvalue weighted by atomic mass is 10.3. The van der Waals surface area contributed by atoms with Crippen molar-refractivity contribution in [3.63, 3.8) is 0 Å². The Morgan fingerprint density at radius 3 is 1.06 bits per heavy atom. The van der Waals surface area contributed by atoms with Crippen molar-refractivity contribution in [1.82, 2.24) is 9.34 Å². The molecule has 17 heavy (non-hydrogen) atoms. The molecule has 0 rings (SSSR count). The molecule has 0 saturated carbocycles. The third kappa shape index (κ3) is 4.69. The van der Waals surface area contributed by atoms with Crippen molar-refractivity contribution in [1.29, 1.82) is 0 Å². The molecule has 3 heteroatoms. The molecule has 102 valence electrons. The Kier molecular flexibility index (Phi) is 7.55. The van der Waals surface area contributed by atoms with Crippen LogP contribution in [0, 0.1) is 0 Å². The molecule has 0 bridgehead atoms. The van der Waals surface area contributed by atoms with Crippen LogP contribution in [0.5, 0.6) is 0 Å². The summed E-state index contributed by atoms with van der Waals surface area (Å²) < 4.78 is 5.17. The zero-order valence-corrected chi connectivity index (χ0v) is 13.8. The van der Waals surface area contributed by atoms with Crippen LogP contribution in [-0.4, -0.2) is 33.5 Å². The fourth-order valence-corrected chi connectivity index (χ4v) is 4.96. The van der Waals surface area contributed by atoms with Crippen LogP contribution in [0.3, 0.4) is 0 Å². The third-order valence-corrected chi connectivity index (χ3v) is 5.87. The van der Waals surface area contributed by atoms with Crippen LogP contribution in [0.1, 0.15) is 55.4 Å². The molecule has 0 aromatic rings. The Balaban J connectivity index is 5.18. The van der Waals surface area contributed by atoms with Gasteiger partial charge in [-0.25, -0.2) is 0 Å². The van der Waals surface area contributed by atoms with Gasteiger partial charge in [-0.15, -0.1) is 0 Å². The van der Waals surface area contributed by atoms with Crippen molar-refractivity contribution in [3.8, 4) is 0 Å². The first-order chi connectivity index (χ1) is 7.73. The molecular weight excluding hydrogens is 227 g/mol. The summed E-state index contributed by atoms with van der Waals surface area (Å²) in [6, 6.07) is 2.22. The second-order valence-corrected chi connectivity index (χ2v) is 7.57. The maximum atomic E-state index is 4.08. The molecule has 0 atom stereocenters. The maximum Gasteiger partial charge on any atom is 0.0651 e. The smallest absolute Gasteiger partial charge is 0.0651 e. The minimum absolute atomic E-state index is 0.413. The summed E-state index contributed by atoms with van der Waals surface area (Å²) in [5.74, 6) is 2.15. The second kappa shape index (κ2) is 7.51. The van der Waals surface area contributed by atoms with Gasteiger partial charge in [0.05, 0.1) is 8.22 Å².